The van der Waals surface area contributed by atoms with Gasteiger partial charge in [0.25, 0.3) is 0 Å². The maximum Gasteiger partial charge on any atom is 0.416 e. The van der Waals surface area contributed by atoms with E-state index in [1.807, 2.05) is 0 Å². The van der Waals surface area contributed by atoms with E-state index in [4.69, 9.17) is 0 Å². The van der Waals surface area contributed by atoms with Crippen LogP contribution in [0.15, 0.2) is 36.4 Å². The second-order valence-electron chi connectivity index (χ2n) is 4.90. The molecule has 0 radical (unpaired) electrons. The molecule has 0 saturated heterocycles. The summed E-state index contributed by atoms with van der Waals surface area (Å²) in [5, 5.41) is 10.1. The number of hydrogen-bond acceptors (Lipinski definition) is 5. The summed E-state index contributed by atoms with van der Waals surface area (Å²) in [5.41, 5.74) is -0.614. The van der Waals surface area contributed by atoms with Crippen LogP contribution in [0.3, 0.4) is 0 Å². The predicted octanol–water partition coefficient (Wildman–Crippen LogP) is 2.46. The maximum atomic E-state index is 12.7. The van der Waals surface area contributed by atoms with Crippen LogP contribution in [0.25, 0.3) is 0 Å². The molecule has 7 nitrogen and oxygen atoms in total. The van der Waals surface area contributed by atoms with Gasteiger partial charge in [-0.05, 0) is 30.3 Å². The molecule has 0 spiro atoms. The fraction of sp³-hybridized carbons (Fsp3) is 0.231. The molecule has 0 aliphatic rings. The number of nitrogens with zero attached hydrogens (tertiary/aromatic N) is 3. The van der Waals surface area contributed by atoms with Gasteiger partial charge in [-0.25, -0.2) is 0 Å². The molecule has 0 unspecified atom stereocenters. The van der Waals surface area contributed by atoms with E-state index >= 15 is 0 Å². The molecule has 1 heterocycles. The van der Waals surface area contributed by atoms with Crippen LogP contribution in [0.5, 0.6) is 0 Å². The van der Waals surface area contributed by atoms with E-state index in [9.17, 15) is 21.6 Å². The van der Waals surface area contributed by atoms with Gasteiger partial charge in [-0.2, -0.15) is 25.9 Å². The van der Waals surface area contributed by atoms with Crippen molar-refractivity contribution in [3.05, 3.63) is 42.0 Å². The highest BCUT2D eigenvalue weighted by Crippen LogP contribution is 2.31. The molecule has 11 heteroatoms. The van der Waals surface area contributed by atoms with E-state index in [0.29, 0.717) is 0 Å². The van der Waals surface area contributed by atoms with Gasteiger partial charge in [0.2, 0.25) is 0 Å². The Labute approximate surface area is 136 Å². The van der Waals surface area contributed by atoms with Gasteiger partial charge in [-0.15, -0.1) is 10.2 Å². The summed E-state index contributed by atoms with van der Waals surface area (Å²) in [6.45, 7) is 0. The molecule has 2 aromatic rings. The standard InChI is InChI=1S/C13H14F3N5O2S/c1-21(2)24(22,23)20-12-7-6-11(18-19-12)17-10-5-3-4-9(8-10)13(14,15)16/h3-8H,1-2H3,(H,17,18)(H,19,20). The van der Waals surface area contributed by atoms with Gasteiger partial charge in [-0.1, -0.05) is 6.07 Å². The number of alkyl halides is 3. The molecule has 0 saturated carbocycles. The molecular formula is C13H14F3N5O2S. The lowest BCUT2D eigenvalue weighted by Crippen LogP contribution is -2.29. The SMILES string of the molecule is CN(C)S(=O)(=O)Nc1ccc(Nc2cccc(C(F)(F)F)c2)nn1. The number of aromatic nitrogens is 2. The zero-order valence-corrected chi connectivity index (χ0v) is 13.5. The van der Waals surface area contributed by atoms with Gasteiger partial charge in [0.1, 0.15) is 0 Å². The average molecular weight is 361 g/mol. The van der Waals surface area contributed by atoms with Crippen LogP contribution >= 0.6 is 0 Å². The van der Waals surface area contributed by atoms with Crippen molar-refractivity contribution in [2.75, 3.05) is 24.1 Å². The monoisotopic (exact) mass is 361 g/mol. The van der Waals surface area contributed by atoms with Crippen molar-refractivity contribution in [1.29, 1.82) is 0 Å². The number of rotatable bonds is 5. The van der Waals surface area contributed by atoms with Crippen LogP contribution in [-0.2, 0) is 16.4 Å². The van der Waals surface area contributed by atoms with Gasteiger partial charge < -0.3 is 5.32 Å². The number of anilines is 3. The first-order valence-corrected chi connectivity index (χ1v) is 8.00. The molecule has 2 N–H and O–H groups in total. The minimum atomic E-state index is -4.45. The molecule has 2 rings (SSSR count). The predicted molar refractivity (Wildman–Crippen MR) is 83.0 cm³/mol. The van der Waals surface area contributed by atoms with Crippen molar-refractivity contribution >= 4 is 27.5 Å². The Morgan fingerprint density at radius 2 is 1.67 bits per heavy atom. The Balaban J connectivity index is 2.13. The van der Waals surface area contributed by atoms with Crippen LogP contribution in [0, 0.1) is 0 Å². The molecule has 0 fully saturated rings. The summed E-state index contributed by atoms with van der Waals surface area (Å²) < 4.78 is 64.4. The molecular weight excluding hydrogens is 347 g/mol. The van der Waals surface area contributed by atoms with Crippen LogP contribution in [0.4, 0.5) is 30.5 Å². The van der Waals surface area contributed by atoms with E-state index in [1.165, 1.54) is 38.4 Å². The zero-order chi connectivity index (χ0) is 18.0. The fourth-order valence-electron chi connectivity index (χ4n) is 1.60. The normalized spacial score (nSPS) is 12.2. The van der Waals surface area contributed by atoms with Gasteiger partial charge in [0.05, 0.1) is 5.56 Å². The van der Waals surface area contributed by atoms with Crippen LogP contribution in [0.2, 0.25) is 0 Å². The van der Waals surface area contributed by atoms with Gasteiger partial charge in [0.15, 0.2) is 11.6 Å². The summed E-state index contributed by atoms with van der Waals surface area (Å²) in [6, 6.07) is 7.32. The first kappa shape index (κ1) is 17.9. The minimum Gasteiger partial charge on any atom is -0.339 e. The summed E-state index contributed by atoms with van der Waals surface area (Å²) in [7, 11) is -1.02. The lowest BCUT2D eigenvalue weighted by atomic mass is 10.2. The Morgan fingerprint density at radius 1 is 1.04 bits per heavy atom. The fourth-order valence-corrected chi connectivity index (χ4v) is 2.15. The highest BCUT2D eigenvalue weighted by Gasteiger charge is 2.30. The van der Waals surface area contributed by atoms with Crippen molar-refractivity contribution in [3.8, 4) is 0 Å². The Kier molecular flexibility index (Phi) is 4.94. The van der Waals surface area contributed by atoms with Crippen molar-refractivity contribution in [2.45, 2.75) is 6.18 Å². The van der Waals surface area contributed by atoms with Crippen LogP contribution < -0.4 is 10.0 Å². The Bertz CT molecular complexity index is 807. The quantitative estimate of drug-likeness (QED) is 0.854. The molecule has 1 aromatic carbocycles. The topological polar surface area (TPSA) is 87.2 Å². The first-order valence-electron chi connectivity index (χ1n) is 6.56. The van der Waals surface area contributed by atoms with Crippen LogP contribution in [0.1, 0.15) is 5.56 Å². The highest BCUT2D eigenvalue weighted by molar-refractivity contribution is 7.90. The third-order valence-corrected chi connectivity index (χ3v) is 4.27. The lowest BCUT2D eigenvalue weighted by molar-refractivity contribution is -0.137. The van der Waals surface area contributed by atoms with Crippen molar-refractivity contribution in [1.82, 2.24) is 14.5 Å². The molecule has 0 atom stereocenters. The Morgan fingerprint density at radius 3 is 2.21 bits per heavy atom. The third kappa shape index (κ3) is 4.55. The summed E-state index contributed by atoms with van der Waals surface area (Å²) >= 11 is 0. The maximum absolute atomic E-state index is 12.7. The van der Waals surface area contributed by atoms with Crippen LogP contribution in [-0.4, -0.2) is 37.0 Å². The van der Waals surface area contributed by atoms with Crippen molar-refractivity contribution < 1.29 is 21.6 Å². The molecule has 1 aromatic heterocycles. The molecule has 24 heavy (non-hydrogen) atoms. The molecule has 0 bridgehead atoms. The summed E-state index contributed by atoms with van der Waals surface area (Å²) in [6.07, 6.45) is -4.45. The van der Waals surface area contributed by atoms with Gasteiger partial charge in [0, 0.05) is 19.8 Å². The molecule has 0 aliphatic heterocycles. The minimum absolute atomic E-state index is 0.0155. The van der Waals surface area contributed by atoms with E-state index in [1.54, 1.807) is 0 Å². The van der Waals surface area contributed by atoms with Gasteiger partial charge in [-0.3, -0.25) is 4.72 Å². The second-order valence-corrected chi connectivity index (χ2v) is 6.78. The van der Waals surface area contributed by atoms with Crippen molar-refractivity contribution in [2.24, 2.45) is 0 Å². The Hall–Kier alpha value is -2.40. The number of benzene rings is 1. The average Bonchev–Trinajstić information content (AvgIpc) is 2.48. The van der Waals surface area contributed by atoms with E-state index in [2.05, 4.69) is 20.2 Å². The largest absolute Gasteiger partial charge is 0.416 e. The van der Waals surface area contributed by atoms with E-state index < -0.39 is 21.9 Å². The van der Waals surface area contributed by atoms with E-state index in [0.717, 1.165) is 16.4 Å². The molecule has 130 valence electrons. The number of hydrogen-bond donors (Lipinski definition) is 2. The van der Waals surface area contributed by atoms with E-state index in [-0.39, 0.29) is 17.3 Å². The number of nitrogens with one attached hydrogen (secondary N) is 2. The molecule has 0 aliphatic carbocycles. The second kappa shape index (κ2) is 6.61. The molecule has 0 amide bonds. The lowest BCUT2D eigenvalue weighted by Gasteiger charge is -2.13. The smallest absolute Gasteiger partial charge is 0.339 e. The first-order chi connectivity index (χ1) is 11.1. The van der Waals surface area contributed by atoms with Crippen molar-refractivity contribution in [3.63, 3.8) is 0 Å². The summed E-state index contributed by atoms with van der Waals surface area (Å²) in [5.74, 6) is 0.153. The highest BCUT2D eigenvalue weighted by atomic mass is 32.2. The van der Waals surface area contributed by atoms with Gasteiger partial charge >= 0.3 is 16.4 Å². The zero-order valence-electron chi connectivity index (χ0n) is 12.7. The number of halogens is 3. The third-order valence-electron chi connectivity index (χ3n) is 2.84. The summed E-state index contributed by atoms with van der Waals surface area (Å²) in [4.78, 5) is 0.